The molecule has 1 aromatic carbocycles. The van der Waals surface area contributed by atoms with E-state index in [1.165, 1.54) is 0 Å². The average molecular weight is 304 g/mol. The predicted molar refractivity (Wildman–Crippen MR) is 61.6 cm³/mol. The number of allylic oxidation sites excluding steroid dienone is 1. The fourth-order valence-corrected chi connectivity index (χ4v) is 2.07. The Morgan fingerprint density at radius 1 is 1.31 bits per heavy atom. The first kappa shape index (κ1) is 10.7. The van der Waals surface area contributed by atoms with E-state index in [-0.39, 0.29) is 0 Å². The van der Waals surface area contributed by atoms with E-state index in [0.29, 0.717) is 6.42 Å². The van der Waals surface area contributed by atoms with Gasteiger partial charge in [-0.3, -0.25) is 0 Å². The maximum atomic E-state index is 10.1. The molecule has 0 unspecified atom stereocenters. The van der Waals surface area contributed by atoms with Gasteiger partial charge in [0.15, 0.2) is 0 Å². The molecule has 13 heavy (non-hydrogen) atoms. The standard InChI is InChI=1S/C10H8Br2O/c11-9-5-4-8(10(12)7-9)3-1-2-6-13/h1,3-7H,2H2/b3-1+. The summed E-state index contributed by atoms with van der Waals surface area (Å²) >= 11 is 6.80. The van der Waals surface area contributed by atoms with Crippen LogP contribution in [-0.4, -0.2) is 6.29 Å². The van der Waals surface area contributed by atoms with Gasteiger partial charge in [0, 0.05) is 15.4 Å². The summed E-state index contributed by atoms with van der Waals surface area (Å²) in [6.45, 7) is 0. The summed E-state index contributed by atoms with van der Waals surface area (Å²) in [4.78, 5) is 10.1. The molecule has 0 amide bonds. The largest absolute Gasteiger partial charge is 0.303 e. The summed E-state index contributed by atoms with van der Waals surface area (Å²) < 4.78 is 2.05. The lowest BCUT2D eigenvalue weighted by molar-refractivity contribution is -0.107. The van der Waals surface area contributed by atoms with Gasteiger partial charge in [0.25, 0.3) is 0 Å². The molecule has 0 radical (unpaired) electrons. The highest BCUT2D eigenvalue weighted by molar-refractivity contribution is 9.11. The smallest absolute Gasteiger partial charge is 0.123 e. The topological polar surface area (TPSA) is 17.1 Å². The zero-order valence-corrected chi connectivity index (χ0v) is 10.0. The number of benzene rings is 1. The fourth-order valence-electron chi connectivity index (χ4n) is 0.887. The zero-order chi connectivity index (χ0) is 9.68. The van der Waals surface area contributed by atoms with Gasteiger partial charge in [0.05, 0.1) is 0 Å². The second-order valence-electron chi connectivity index (χ2n) is 2.47. The van der Waals surface area contributed by atoms with Gasteiger partial charge in [-0.15, -0.1) is 0 Å². The van der Waals surface area contributed by atoms with Crippen LogP contribution >= 0.6 is 31.9 Å². The van der Waals surface area contributed by atoms with E-state index in [2.05, 4.69) is 31.9 Å². The molecule has 0 saturated heterocycles. The van der Waals surface area contributed by atoms with Gasteiger partial charge < -0.3 is 4.79 Å². The van der Waals surface area contributed by atoms with Crippen LogP contribution in [0.5, 0.6) is 0 Å². The number of halogens is 2. The highest BCUT2D eigenvalue weighted by Gasteiger charge is 1.95. The van der Waals surface area contributed by atoms with Crippen LogP contribution in [-0.2, 0) is 4.79 Å². The molecular formula is C10H8Br2O. The van der Waals surface area contributed by atoms with Crippen LogP contribution in [0.15, 0.2) is 33.2 Å². The summed E-state index contributed by atoms with van der Waals surface area (Å²) in [5.74, 6) is 0. The van der Waals surface area contributed by atoms with E-state index >= 15 is 0 Å². The molecule has 1 nitrogen and oxygen atoms in total. The van der Waals surface area contributed by atoms with Crippen molar-refractivity contribution in [3.8, 4) is 0 Å². The van der Waals surface area contributed by atoms with Crippen molar-refractivity contribution in [2.45, 2.75) is 6.42 Å². The Kier molecular flexibility index (Phi) is 4.39. The predicted octanol–water partition coefficient (Wildman–Crippen LogP) is 3.81. The van der Waals surface area contributed by atoms with Gasteiger partial charge in [0.2, 0.25) is 0 Å². The Labute approximate surface area is 94.1 Å². The first-order chi connectivity index (χ1) is 6.24. The molecule has 68 valence electrons. The summed E-state index contributed by atoms with van der Waals surface area (Å²) in [5.41, 5.74) is 1.07. The lowest BCUT2D eigenvalue weighted by Gasteiger charge is -1.98. The first-order valence-corrected chi connectivity index (χ1v) is 5.38. The minimum atomic E-state index is 0.461. The van der Waals surface area contributed by atoms with Crippen LogP contribution in [0.1, 0.15) is 12.0 Å². The first-order valence-electron chi connectivity index (χ1n) is 3.79. The van der Waals surface area contributed by atoms with E-state index in [1.807, 2.05) is 30.4 Å². The molecule has 0 aromatic heterocycles. The van der Waals surface area contributed by atoms with Crippen LogP contribution in [0.2, 0.25) is 0 Å². The molecule has 0 bridgehead atoms. The molecule has 0 atom stereocenters. The van der Waals surface area contributed by atoms with Crippen molar-refractivity contribution in [1.29, 1.82) is 0 Å². The maximum absolute atomic E-state index is 10.1. The van der Waals surface area contributed by atoms with E-state index in [1.54, 1.807) is 0 Å². The molecule has 0 aliphatic carbocycles. The SMILES string of the molecule is O=CC/C=C/c1ccc(Br)cc1Br. The van der Waals surface area contributed by atoms with E-state index in [0.717, 1.165) is 20.8 Å². The highest BCUT2D eigenvalue weighted by Crippen LogP contribution is 2.22. The Hall–Kier alpha value is -0.410. The second kappa shape index (κ2) is 5.35. The van der Waals surface area contributed by atoms with Gasteiger partial charge >= 0.3 is 0 Å². The number of hydrogen-bond donors (Lipinski definition) is 0. The lowest BCUT2D eigenvalue weighted by atomic mass is 10.2. The van der Waals surface area contributed by atoms with Crippen LogP contribution in [0, 0.1) is 0 Å². The number of aldehydes is 1. The highest BCUT2D eigenvalue weighted by atomic mass is 79.9. The normalized spacial score (nSPS) is 10.6. The fraction of sp³-hybridized carbons (Fsp3) is 0.100. The van der Waals surface area contributed by atoms with Gasteiger partial charge in [-0.25, -0.2) is 0 Å². The molecular weight excluding hydrogens is 296 g/mol. The van der Waals surface area contributed by atoms with Crippen molar-refractivity contribution in [3.63, 3.8) is 0 Å². The third kappa shape index (κ3) is 3.44. The van der Waals surface area contributed by atoms with Crippen molar-refractivity contribution < 1.29 is 4.79 Å². The summed E-state index contributed by atoms with van der Waals surface area (Å²) in [5, 5.41) is 0. The van der Waals surface area contributed by atoms with E-state index in [4.69, 9.17) is 0 Å². The minimum absolute atomic E-state index is 0.461. The van der Waals surface area contributed by atoms with Gasteiger partial charge in [-0.2, -0.15) is 0 Å². The third-order valence-electron chi connectivity index (χ3n) is 1.49. The summed E-state index contributed by atoms with van der Waals surface area (Å²) in [6, 6.07) is 5.92. The van der Waals surface area contributed by atoms with Crippen LogP contribution < -0.4 is 0 Å². The molecule has 0 fully saturated rings. The number of carbonyl (C=O) groups is 1. The molecule has 0 aliphatic heterocycles. The zero-order valence-electron chi connectivity index (χ0n) is 6.84. The van der Waals surface area contributed by atoms with Crippen molar-refractivity contribution in [2.24, 2.45) is 0 Å². The monoisotopic (exact) mass is 302 g/mol. The van der Waals surface area contributed by atoms with E-state index < -0.39 is 0 Å². The van der Waals surface area contributed by atoms with Crippen molar-refractivity contribution in [2.75, 3.05) is 0 Å². The molecule has 0 N–H and O–H groups in total. The summed E-state index contributed by atoms with van der Waals surface area (Å²) in [7, 11) is 0. The van der Waals surface area contributed by atoms with Crippen molar-refractivity contribution in [1.82, 2.24) is 0 Å². The molecule has 1 aromatic rings. The van der Waals surface area contributed by atoms with Crippen LogP contribution in [0.3, 0.4) is 0 Å². The minimum Gasteiger partial charge on any atom is -0.303 e. The Balaban J connectivity index is 2.83. The quantitative estimate of drug-likeness (QED) is 0.776. The average Bonchev–Trinajstić information content (AvgIpc) is 2.09. The number of carbonyl (C=O) groups excluding carboxylic acids is 1. The van der Waals surface area contributed by atoms with Crippen LogP contribution in [0.4, 0.5) is 0 Å². The molecule has 0 aliphatic rings. The third-order valence-corrected chi connectivity index (χ3v) is 2.67. The molecule has 0 heterocycles. The van der Waals surface area contributed by atoms with Gasteiger partial charge in [-0.1, -0.05) is 50.1 Å². The van der Waals surface area contributed by atoms with Crippen molar-refractivity contribution in [3.05, 3.63) is 38.8 Å². The lowest BCUT2D eigenvalue weighted by Crippen LogP contribution is -1.75. The van der Waals surface area contributed by atoms with Gasteiger partial charge in [0.1, 0.15) is 6.29 Å². The molecule has 1 rings (SSSR count). The molecule has 0 saturated carbocycles. The molecule has 3 heteroatoms. The number of rotatable bonds is 3. The Morgan fingerprint density at radius 2 is 2.08 bits per heavy atom. The summed E-state index contributed by atoms with van der Waals surface area (Å²) in [6.07, 6.45) is 5.09. The molecule has 0 spiro atoms. The Bertz CT molecular complexity index is 332. The maximum Gasteiger partial charge on any atom is 0.123 e. The van der Waals surface area contributed by atoms with Crippen molar-refractivity contribution >= 4 is 44.2 Å². The number of hydrogen-bond acceptors (Lipinski definition) is 1. The van der Waals surface area contributed by atoms with E-state index in [9.17, 15) is 4.79 Å². The van der Waals surface area contributed by atoms with Gasteiger partial charge in [-0.05, 0) is 17.7 Å². The second-order valence-corrected chi connectivity index (χ2v) is 4.24. The van der Waals surface area contributed by atoms with Crippen LogP contribution in [0.25, 0.3) is 6.08 Å². The Morgan fingerprint density at radius 3 is 2.69 bits per heavy atom.